The van der Waals surface area contributed by atoms with Crippen LogP contribution in [0.3, 0.4) is 0 Å². The van der Waals surface area contributed by atoms with Gasteiger partial charge in [0.25, 0.3) is 0 Å². The molecule has 11 aromatic rings. The molecule has 0 saturated heterocycles. The highest BCUT2D eigenvalue weighted by Gasteiger charge is 2.46. The van der Waals surface area contributed by atoms with Gasteiger partial charge in [0.05, 0.1) is 17.4 Å². The van der Waals surface area contributed by atoms with Crippen LogP contribution in [0.5, 0.6) is 0 Å². The number of rotatable bonds is 12. The Labute approximate surface area is 439 Å². The summed E-state index contributed by atoms with van der Waals surface area (Å²) in [4.78, 5) is 2.43. The van der Waals surface area contributed by atoms with Gasteiger partial charge in [0.2, 0.25) is 0 Å². The molecule has 0 bridgehead atoms. The molecule has 356 valence electrons. The van der Waals surface area contributed by atoms with Crippen molar-refractivity contribution in [1.82, 2.24) is 5.32 Å². The van der Waals surface area contributed by atoms with Gasteiger partial charge in [-0.05, 0) is 126 Å². The Kier molecular flexibility index (Phi) is 11.8. The van der Waals surface area contributed by atoms with Crippen molar-refractivity contribution >= 4 is 34.5 Å². The van der Waals surface area contributed by atoms with Crippen molar-refractivity contribution in [3.05, 3.63) is 341 Å². The van der Waals surface area contributed by atoms with E-state index in [-0.39, 0.29) is 12.0 Å². The van der Waals surface area contributed by atoms with Crippen LogP contribution in [0.25, 0.3) is 45.2 Å². The molecule has 2 unspecified atom stereocenters. The maximum Gasteiger partial charge on any atom is 0.0714 e. The lowest BCUT2D eigenvalue weighted by Crippen LogP contribution is -2.33. The van der Waals surface area contributed by atoms with E-state index in [1.54, 1.807) is 0 Å². The minimum absolute atomic E-state index is 0.295. The third-order valence-corrected chi connectivity index (χ3v) is 15.4. The van der Waals surface area contributed by atoms with E-state index in [0.717, 1.165) is 61.7 Å². The molecule has 11 aromatic carbocycles. The van der Waals surface area contributed by atoms with Crippen molar-refractivity contribution in [3.63, 3.8) is 0 Å². The number of fused-ring (bicyclic) bond motifs is 4. The van der Waals surface area contributed by atoms with Gasteiger partial charge in [0.1, 0.15) is 0 Å². The van der Waals surface area contributed by atoms with Crippen molar-refractivity contribution < 1.29 is 0 Å². The number of nitrogens with one attached hydrogen (secondary N) is 2. The van der Waals surface area contributed by atoms with Crippen LogP contribution < -0.4 is 10.2 Å². The van der Waals surface area contributed by atoms with E-state index in [2.05, 4.69) is 289 Å². The van der Waals surface area contributed by atoms with Gasteiger partial charge in [0.15, 0.2) is 0 Å². The topological polar surface area (TPSA) is 39.1 Å². The molecule has 1 heterocycles. The minimum atomic E-state index is -0.573. The first-order chi connectivity index (χ1) is 37.1. The summed E-state index contributed by atoms with van der Waals surface area (Å²) in [6.07, 6.45) is 2.28. The van der Waals surface area contributed by atoms with E-state index in [1.807, 2.05) is 18.2 Å². The smallest absolute Gasteiger partial charge is 0.0714 e. The highest BCUT2D eigenvalue weighted by molar-refractivity contribution is 6.04. The zero-order chi connectivity index (χ0) is 50.1. The third-order valence-electron chi connectivity index (χ3n) is 15.4. The first kappa shape index (κ1) is 45.3. The monoisotopic (exact) mass is 959 g/mol. The standard InChI is InChI=1S/C72H53N3/c73-70(56-27-13-4-14-28-56)69(55-25-11-3-12-26-55)71-65-48-61(44-41-57(65)47-68(74-71)54-23-9-2-10-24-54)75(60-42-39-53(40-43-60)52-37-35-51(36-38-52)50-21-7-1-8-22-50)62-45-46-64-63-33-19-20-34-66(63)72(67(64)49-62,58-29-15-5-16-30-58)59-31-17-6-18-32-59/h1-49,69,71,73-74H. The highest BCUT2D eigenvalue weighted by Crippen LogP contribution is 2.57. The number of anilines is 3. The van der Waals surface area contributed by atoms with Crippen molar-refractivity contribution in [2.24, 2.45) is 0 Å². The molecule has 2 N–H and O–H groups in total. The van der Waals surface area contributed by atoms with Gasteiger partial charge in [0, 0.05) is 28.5 Å². The van der Waals surface area contributed by atoms with E-state index in [4.69, 9.17) is 0 Å². The lowest BCUT2D eigenvalue weighted by Gasteiger charge is -2.37. The fraction of sp³-hybridized carbons (Fsp3) is 0.0417. The van der Waals surface area contributed by atoms with Crippen LogP contribution in [-0.2, 0) is 5.41 Å². The van der Waals surface area contributed by atoms with Crippen molar-refractivity contribution in [2.75, 3.05) is 4.90 Å². The van der Waals surface area contributed by atoms with Gasteiger partial charge in [-0.3, -0.25) is 0 Å². The molecule has 0 spiro atoms. The lowest BCUT2D eigenvalue weighted by molar-refractivity contribution is 0.588. The quantitative estimate of drug-likeness (QED) is 0.120. The molecular formula is C72H53N3. The minimum Gasteiger partial charge on any atom is -0.377 e. The van der Waals surface area contributed by atoms with Crippen LogP contribution in [0, 0.1) is 5.41 Å². The summed E-state index contributed by atoms with van der Waals surface area (Å²) < 4.78 is 0. The zero-order valence-corrected chi connectivity index (χ0v) is 41.4. The molecule has 2 aliphatic rings. The Morgan fingerprint density at radius 3 is 1.47 bits per heavy atom. The molecule has 0 aromatic heterocycles. The summed E-state index contributed by atoms with van der Waals surface area (Å²) in [7, 11) is 0. The van der Waals surface area contributed by atoms with E-state index in [9.17, 15) is 5.41 Å². The lowest BCUT2D eigenvalue weighted by atomic mass is 9.67. The van der Waals surface area contributed by atoms with Gasteiger partial charge in [-0.15, -0.1) is 0 Å². The van der Waals surface area contributed by atoms with E-state index >= 15 is 0 Å². The average Bonchev–Trinajstić information content (AvgIpc) is 3.82. The number of benzene rings is 11. The molecule has 13 rings (SSSR count). The van der Waals surface area contributed by atoms with E-state index < -0.39 is 5.41 Å². The predicted octanol–water partition coefficient (Wildman–Crippen LogP) is 17.8. The first-order valence-electron chi connectivity index (χ1n) is 25.9. The van der Waals surface area contributed by atoms with Crippen molar-refractivity contribution in [3.8, 4) is 33.4 Å². The Balaban J connectivity index is 1.01. The van der Waals surface area contributed by atoms with Gasteiger partial charge >= 0.3 is 0 Å². The van der Waals surface area contributed by atoms with Crippen molar-refractivity contribution in [2.45, 2.75) is 17.4 Å². The number of nitrogens with zero attached hydrogens (tertiary/aromatic N) is 1. The summed E-state index contributed by atoms with van der Waals surface area (Å²) in [5.74, 6) is -0.327. The summed E-state index contributed by atoms with van der Waals surface area (Å²) in [6, 6.07) is 105. The Morgan fingerprint density at radius 1 is 0.400 bits per heavy atom. The molecule has 0 radical (unpaired) electrons. The second kappa shape index (κ2) is 19.5. The van der Waals surface area contributed by atoms with Crippen LogP contribution in [0.1, 0.15) is 62.0 Å². The molecular weight excluding hydrogens is 907 g/mol. The maximum absolute atomic E-state index is 10.1. The van der Waals surface area contributed by atoms with Crippen molar-refractivity contribution in [1.29, 1.82) is 5.41 Å². The molecule has 3 heteroatoms. The molecule has 0 amide bonds. The van der Waals surface area contributed by atoms with Crippen LogP contribution in [0.4, 0.5) is 17.1 Å². The highest BCUT2D eigenvalue weighted by atomic mass is 15.1. The maximum atomic E-state index is 10.1. The molecule has 1 aliphatic heterocycles. The summed E-state index contributed by atoms with van der Waals surface area (Å²) >= 11 is 0. The molecule has 0 fully saturated rings. The first-order valence-corrected chi connectivity index (χ1v) is 25.9. The number of hydrogen-bond donors (Lipinski definition) is 2. The van der Waals surface area contributed by atoms with E-state index in [0.29, 0.717) is 5.71 Å². The molecule has 3 nitrogen and oxygen atoms in total. The van der Waals surface area contributed by atoms with Gasteiger partial charge in [-0.25, -0.2) is 0 Å². The summed E-state index contributed by atoms with van der Waals surface area (Å²) in [5.41, 5.74) is 21.6. The van der Waals surface area contributed by atoms with Crippen LogP contribution in [0.15, 0.2) is 291 Å². The molecule has 2 atom stereocenters. The normalized spacial score (nSPS) is 14.3. The fourth-order valence-electron chi connectivity index (χ4n) is 11.9. The Bertz CT molecular complexity index is 3800. The fourth-order valence-corrected chi connectivity index (χ4v) is 11.9. The SMILES string of the molecule is N=C(c1ccccc1)C(c1ccccc1)C1NC(c2ccccc2)=Cc2ccc(N(c3ccc(-c4ccc(-c5ccccc5)cc4)cc3)c3ccc4c(c3)C(c3ccccc3)(c3ccccc3)c3ccccc3-4)cc21. The van der Waals surface area contributed by atoms with Gasteiger partial charge < -0.3 is 15.6 Å². The Morgan fingerprint density at radius 2 is 0.853 bits per heavy atom. The second-order valence-corrected chi connectivity index (χ2v) is 19.6. The van der Waals surface area contributed by atoms with Gasteiger partial charge in [-0.2, -0.15) is 0 Å². The van der Waals surface area contributed by atoms with Crippen LogP contribution in [-0.4, -0.2) is 5.71 Å². The average molecular weight is 960 g/mol. The summed E-state index contributed by atoms with van der Waals surface area (Å²) in [6.45, 7) is 0. The summed E-state index contributed by atoms with van der Waals surface area (Å²) in [5, 5.41) is 14.1. The molecule has 1 aliphatic carbocycles. The second-order valence-electron chi connectivity index (χ2n) is 19.6. The van der Waals surface area contributed by atoms with E-state index in [1.165, 1.54) is 44.5 Å². The predicted molar refractivity (Wildman–Crippen MR) is 312 cm³/mol. The van der Waals surface area contributed by atoms with Crippen LogP contribution >= 0.6 is 0 Å². The molecule has 0 saturated carbocycles. The van der Waals surface area contributed by atoms with Gasteiger partial charge in [-0.1, -0.05) is 255 Å². The zero-order valence-electron chi connectivity index (χ0n) is 41.4. The molecule has 75 heavy (non-hydrogen) atoms. The Hall–Kier alpha value is -9.57. The third kappa shape index (κ3) is 8.16. The van der Waals surface area contributed by atoms with Crippen LogP contribution in [0.2, 0.25) is 0 Å². The number of hydrogen-bond acceptors (Lipinski definition) is 3. The largest absolute Gasteiger partial charge is 0.377 e.